The summed E-state index contributed by atoms with van der Waals surface area (Å²) in [5.74, 6) is 0. The van der Waals surface area contributed by atoms with Gasteiger partial charge in [-0.15, -0.1) is 0 Å². The lowest BCUT2D eigenvalue weighted by molar-refractivity contribution is 0.381. The Hall–Kier alpha value is 0.880. The van der Waals surface area contributed by atoms with Crippen LogP contribution < -0.4 is 5.09 Å². The van der Waals surface area contributed by atoms with Gasteiger partial charge >= 0.3 is 0 Å². The third-order valence-electron chi connectivity index (χ3n) is 0.740. The van der Waals surface area contributed by atoms with E-state index in [0.717, 1.165) is 0 Å². The standard InChI is InChI=1S/C4H11INO2P/c1-3-6-9(2,7)8-4-5/h3-4H2,1-2H3,(H,6,7). The molecule has 0 spiro atoms. The van der Waals surface area contributed by atoms with Gasteiger partial charge in [-0.05, 0) is 0 Å². The van der Waals surface area contributed by atoms with E-state index < -0.39 is 7.52 Å². The molecule has 3 nitrogen and oxygen atoms in total. The van der Waals surface area contributed by atoms with E-state index in [1.807, 2.05) is 29.5 Å². The molecule has 0 aromatic rings. The minimum atomic E-state index is -2.45. The second kappa shape index (κ2) is 4.66. The summed E-state index contributed by atoms with van der Waals surface area (Å²) in [6, 6.07) is 0. The van der Waals surface area contributed by atoms with Crippen LogP contribution in [0.15, 0.2) is 0 Å². The molecule has 56 valence electrons. The van der Waals surface area contributed by atoms with E-state index in [9.17, 15) is 4.57 Å². The van der Waals surface area contributed by atoms with Gasteiger partial charge in [-0.2, -0.15) is 0 Å². The van der Waals surface area contributed by atoms with Crippen LogP contribution in [0.3, 0.4) is 0 Å². The highest BCUT2D eigenvalue weighted by atomic mass is 127. The first kappa shape index (κ1) is 9.88. The minimum Gasteiger partial charge on any atom is -0.307 e. The van der Waals surface area contributed by atoms with Gasteiger partial charge in [0.15, 0.2) is 0 Å². The van der Waals surface area contributed by atoms with E-state index >= 15 is 0 Å². The Bertz CT molecular complexity index is 109. The molecule has 0 aliphatic rings. The van der Waals surface area contributed by atoms with Gasteiger partial charge < -0.3 is 4.52 Å². The van der Waals surface area contributed by atoms with Crippen LogP contribution in [0.1, 0.15) is 6.92 Å². The van der Waals surface area contributed by atoms with Crippen molar-refractivity contribution in [2.75, 3.05) is 17.8 Å². The summed E-state index contributed by atoms with van der Waals surface area (Å²) >= 11 is 2.02. The fourth-order valence-corrected chi connectivity index (χ4v) is 2.87. The van der Waals surface area contributed by atoms with Crippen molar-refractivity contribution in [2.45, 2.75) is 6.92 Å². The maximum absolute atomic E-state index is 11.1. The van der Waals surface area contributed by atoms with Crippen molar-refractivity contribution >= 4 is 30.1 Å². The maximum Gasteiger partial charge on any atom is 0.267 e. The maximum atomic E-state index is 11.1. The van der Waals surface area contributed by atoms with E-state index in [1.165, 1.54) is 0 Å². The van der Waals surface area contributed by atoms with Gasteiger partial charge in [-0.3, -0.25) is 4.57 Å². The number of nitrogens with one attached hydrogen (secondary N) is 1. The summed E-state index contributed by atoms with van der Waals surface area (Å²) in [4.78, 5) is 0. The van der Waals surface area contributed by atoms with Gasteiger partial charge in [0.05, 0.1) is 0 Å². The van der Waals surface area contributed by atoms with Crippen LogP contribution in [0.2, 0.25) is 0 Å². The van der Waals surface area contributed by atoms with Crippen molar-refractivity contribution < 1.29 is 9.09 Å². The Morgan fingerprint density at radius 2 is 2.33 bits per heavy atom. The van der Waals surface area contributed by atoms with Crippen molar-refractivity contribution in [2.24, 2.45) is 0 Å². The van der Waals surface area contributed by atoms with Crippen molar-refractivity contribution in [3.8, 4) is 0 Å². The molecule has 0 aliphatic heterocycles. The Kier molecular flexibility index (Phi) is 5.11. The summed E-state index contributed by atoms with van der Waals surface area (Å²) in [7, 11) is -2.45. The monoisotopic (exact) mass is 263 g/mol. The molecule has 0 rings (SSSR count). The lowest BCUT2D eigenvalue weighted by Crippen LogP contribution is -2.09. The van der Waals surface area contributed by atoms with Gasteiger partial charge in [0, 0.05) is 13.2 Å². The second-order valence-electron chi connectivity index (χ2n) is 1.60. The van der Waals surface area contributed by atoms with Crippen LogP contribution in [-0.2, 0) is 9.09 Å². The minimum absolute atomic E-state index is 0.471. The zero-order valence-corrected chi connectivity index (χ0v) is 8.61. The average molecular weight is 263 g/mol. The van der Waals surface area contributed by atoms with Crippen molar-refractivity contribution in [3.63, 3.8) is 0 Å². The van der Waals surface area contributed by atoms with Crippen LogP contribution in [0.4, 0.5) is 0 Å². The highest BCUT2D eigenvalue weighted by Crippen LogP contribution is 2.37. The smallest absolute Gasteiger partial charge is 0.267 e. The van der Waals surface area contributed by atoms with Crippen LogP contribution in [0.25, 0.3) is 0 Å². The van der Waals surface area contributed by atoms with Gasteiger partial charge in [0.1, 0.15) is 4.61 Å². The van der Waals surface area contributed by atoms with Crippen molar-refractivity contribution in [1.82, 2.24) is 5.09 Å². The molecule has 1 atom stereocenters. The Morgan fingerprint density at radius 3 is 2.67 bits per heavy atom. The topological polar surface area (TPSA) is 38.3 Å². The first-order valence-electron chi connectivity index (χ1n) is 2.65. The third kappa shape index (κ3) is 5.33. The predicted molar refractivity (Wildman–Crippen MR) is 47.2 cm³/mol. The summed E-state index contributed by atoms with van der Waals surface area (Å²) in [5.41, 5.74) is 0. The van der Waals surface area contributed by atoms with Crippen molar-refractivity contribution in [3.05, 3.63) is 0 Å². The summed E-state index contributed by atoms with van der Waals surface area (Å²) < 4.78 is 16.4. The Labute approximate surface area is 69.2 Å². The van der Waals surface area contributed by atoms with E-state index in [2.05, 4.69) is 5.09 Å². The first-order valence-corrected chi connectivity index (χ1v) is 6.25. The summed E-state index contributed by atoms with van der Waals surface area (Å²) in [6.07, 6.45) is 0. The van der Waals surface area contributed by atoms with E-state index in [4.69, 9.17) is 4.52 Å². The molecule has 0 aromatic heterocycles. The zero-order chi connectivity index (χ0) is 7.33. The fourth-order valence-electron chi connectivity index (χ4n) is 0.426. The lowest BCUT2D eigenvalue weighted by Gasteiger charge is -2.10. The van der Waals surface area contributed by atoms with Crippen LogP contribution in [0, 0.1) is 0 Å². The molecule has 0 fully saturated rings. The lowest BCUT2D eigenvalue weighted by atomic mass is 10.8. The van der Waals surface area contributed by atoms with Crippen molar-refractivity contribution in [1.29, 1.82) is 0 Å². The van der Waals surface area contributed by atoms with E-state index in [1.54, 1.807) is 6.66 Å². The van der Waals surface area contributed by atoms with E-state index in [-0.39, 0.29) is 0 Å². The second-order valence-corrected chi connectivity index (χ2v) is 4.48. The highest BCUT2D eigenvalue weighted by Gasteiger charge is 2.11. The molecule has 0 bridgehead atoms. The predicted octanol–water partition coefficient (Wildman–Crippen LogP) is 1.83. The molecule has 1 N–H and O–H groups in total. The van der Waals surface area contributed by atoms with Gasteiger partial charge in [-0.25, -0.2) is 5.09 Å². The molecule has 5 heteroatoms. The molecule has 0 aliphatic carbocycles. The van der Waals surface area contributed by atoms with Gasteiger partial charge in [-0.1, -0.05) is 29.5 Å². The molecule has 0 radical (unpaired) electrons. The number of alkyl halides is 1. The van der Waals surface area contributed by atoms with E-state index in [0.29, 0.717) is 11.2 Å². The highest BCUT2D eigenvalue weighted by molar-refractivity contribution is 14.1. The summed E-state index contributed by atoms with van der Waals surface area (Å²) in [6.45, 7) is 4.16. The SMILES string of the molecule is CCNP(C)(=O)OCI. The normalized spacial score (nSPS) is 17.2. The molecular formula is C4H11INO2P. The molecule has 0 amide bonds. The Morgan fingerprint density at radius 1 is 1.78 bits per heavy atom. The Balaban J connectivity index is 3.58. The summed E-state index contributed by atoms with van der Waals surface area (Å²) in [5, 5.41) is 2.75. The number of halogens is 1. The van der Waals surface area contributed by atoms with Crippen LogP contribution >= 0.6 is 30.1 Å². The molecule has 0 aromatic carbocycles. The zero-order valence-electron chi connectivity index (χ0n) is 5.56. The third-order valence-corrected chi connectivity index (χ3v) is 3.06. The van der Waals surface area contributed by atoms with Gasteiger partial charge in [0.2, 0.25) is 0 Å². The van der Waals surface area contributed by atoms with Crippen LogP contribution in [-0.4, -0.2) is 17.8 Å². The molecule has 0 heterocycles. The van der Waals surface area contributed by atoms with Crippen LogP contribution in [0.5, 0.6) is 0 Å². The molecular weight excluding hydrogens is 252 g/mol. The molecule has 9 heavy (non-hydrogen) atoms. The largest absolute Gasteiger partial charge is 0.307 e. The fraction of sp³-hybridized carbons (Fsp3) is 1.00. The molecule has 0 saturated heterocycles. The number of rotatable bonds is 4. The van der Waals surface area contributed by atoms with Gasteiger partial charge in [0.25, 0.3) is 7.52 Å². The number of hydrogen-bond donors (Lipinski definition) is 1. The number of hydrogen-bond acceptors (Lipinski definition) is 2. The first-order chi connectivity index (χ1) is 4.12. The molecule has 0 saturated carbocycles. The molecule has 1 unspecified atom stereocenters. The quantitative estimate of drug-likeness (QED) is 0.477. The average Bonchev–Trinajstić information content (AvgIpc) is 1.64.